The zero-order chi connectivity index (χ0) is 20.9. The van der Waals surface area contributed by atoms with Crippen LogP contribution in [0, 0.1) is 35.5 Å². The molecule has 0 saturated heterocycles. The van der Waals surface area contributed by atoms with E-state index in [4.69, 9.17) is 0 Å². The van der Waals surface area contributed by atoms with E-state index in [1.807, 2.05) is 0 Å². The molecule has 0 spiro atoms. The Morgan fingerprint density at radius 3 is 1.47 bits per heavy atom. The summed E-state index contributed by atoms with van der Waals surface area (Å²) in [5.74, 6) is 6.31. The molecule has 8 aliphatic rings. The van der Waals surface area contributed by atoms with E-state index >= 15 is 0 Å². The molecule has 168 valence electrons. The summed E-state index contributed by atoms with van der Waals surface area (Å²) in [7, 11) is -0.167. The summed E-state index contributed by atoms with van der Waals surface area (Å²) in [5.41, 5.74) is 4.73. The molecule has 8 bridgehead atoms. The van der Waals surface area contributed by atoms with Crippen molar-refractivity contribution in [1.82, 2.24) is 4.98 Å². The molecule has 2 aromatic rings. The number of hydrogen-bond acceptors (Lipinski definition) is 0. The third-order valence-electron chi connectivity index (χ3n) is 11.0. The van der Waals surface area contributed by atoms with E-state index in [-0.39, 0.29) is 7.92 Å². The molecule has 8 fully saturated rings. The Bertz CT molecular complexity index is 904. The first kappa shape index (κ1) is 19.3. The lowest BCUT2D eigenvalue weighted by Crippen LogP contribution is -2.58. The summed E-state index contributed by atoms with van der Waals surface area (Å²) in [6, 6.07) is 13.8. The summed E-state index contributed by atoms with van der Waals surface area (Å²) in [6.45, 7) is 0. The first-order valence-electron chi connectivity index (χ1n) is 13.7. The minimum atomic E-state index is -0.167. The Morgan fingerprint density at radius 1 is 0.594 bits per heavy atom. The first-order chi connectivity index (χ1) is 15.7. The predicted octanol–water partition coefficient (Wildman–Crippen LogP) is 7.73. The van der Waals surface area contributed by atoms with E-state index in [1.54, 1.807) is 88.0 Å². The fourth-order valence-corrected chi connectivity index (χ4v) is 16.3. The molecule has 1 N–H and O–H groups in total. The SMILES string of the molecule is c1ccc(-c2cc[nH]c2P(C23CC4CC(CC(C4)C2)C3)C23CC4CC(CC(C4)C2)C3)cc1. The van der Waals surface area contributed by atoms with E-state index < -0.39 is 0 Å². The standard InChI is InChI=1S/C30H38NP/c1-2-4-26(5-3-1)27-6-7-31-28(27)32(29-14-20-8-21(15-29)10-22(9-20)16-29)30-17-23-11-24(18-30)13-25(12-23)19-30/h1-7,20-25,31H,8-19H2. The highest BCUT2D eigenvalue weighted by Crippen LogP contribution is 2.78. The minimum absolute atomic E-state index is 0.167. The number of hydrogen-bond donors (Lipinski definition) is 1. The lowest BCUT2D eigenvalue weighted by atomic mass is 9.55. The lowest BCUT2D eigenvalue weighted by molar-refractivity contribution is 0.0195. The minimum Gasteiger partial charge on any atom is -0.361 e. The molecule has 0 atom stereocenters. The van der Waals surface area contributed by atoms with Gasteiger partial charge in [-0.15, -0.1) is 0 Å². The van der Waals surface area contributed by atoms with Crippen LogP contribution in [0.1, 0.15) is 77.0 Å². The molecule has 0 aliphatic heterocycles. The highest BCUT2D eigenvalue weighted by molar-refractivity contribution is 7.68. The number of H-pyrrole nitrogens is 1. The van der Waals surface area contributed by atoms with Crippen LogP contribution in [0.2, 0.25) is 0 Å². The van der Waals surface area contributed by atoms with Crippen LogP contribution < -0.4 is 5.44 Å². The summed E-state index contributed by atoms with van der Waals surface area (Å²) >= 11 is 0. The topological polar surface area (TPSA) is 15.8 Å². The third-order valence-corrected chi connectivity index (χ3v) is 14.8. The van der Waals surface area contributed by atoms with Crippen LogP contribution >= 0.6 is 7.92 Å². The van der Waals surface area contributed by atoms with Gasteiger partial charge in [0.2, 0.25) is 0 Å². The Balaban J connectivity index is 1.31. The number of nitrogens with one attached hydrogen (secondary N) is 1. The van der Waals surface area contributed by atoms with Gasteiger partial charge in [-0.25, -0.2) is 0 Å². The Morgan fingerprint density at radius 2 is 1.03 bits per heavy atom. The van der Waals surface area contributed by atoms with Gasteiger partial charge in [-0.2, -0.15) is 0 Å². The Kier molecular flexibility index (Phi) is 4.06. The van der Waals surface area contributed by atoms with E-state index in [2.05, 4.69) is 47.6 Å². The molecular weight excluding hydrogens is 405 g/mol. The largest absolute Gasteiger partial charge is 0.361 e. The van der Waals surface area contributed by atoms with Crippen molar-refractivity contribution in [2.75, 3.05) is 0 Å². The summed E-state index contributed by atoms with van der Waals surface area (Å²) in [5, 5.41) is 1.29. The van der Waals surface area contributed by atoms with Gasteiger partial charge in [-0.3, -0.25) is 0 Å². The Hall–Kier alpha value is -1.07. The summed E-state index contributed by atoms with van der Waals surface area (Å²) < 4.78 is 0. The van der Waals surface area contributed by atoms with Gasteiger partial charge in [-0.05, 0) is 142 Å². The van der Waals surface area contributed by atoms with Crippen molar-refractivity contribution < 1.29 is 0 Å². The van der Waals surface area contributed by atoms with Crippen molar-refractivity contribution in [1.29, 1.82) is 0 Å². The van der Waals surface area contributed by atoms with Gasteiger partial charge in [0.25, 0.3) is 0 Å². The average molecular weight is 444 g/mol. The predicted molar refractivity (Wildman–Crippen MR) is 135 cm³/mol. The summed E-state index contributed by atoms with van der Waals surface area (Å²) in [4.78, 5) is 3.98. The second-order valence-corrected chi connectivity index (χ2v) is 16.2. The van der Waals surface area contributed by atoms with Crippen LogP contribution in [0.25, 0.3) is 11.1 Å². The molecule has 1 aromatic carbocycles. The first-order valence-corrected chi connectivity index (χ1v) is 15.1. The molecule has 32 heavy (non-hydrogen) atoms. The van der Waals surface area contributed by atoms with Crippen molar-refractivity contribution in [3.8, 4) is 11.1 Å². The van der Waals surface area contributed by atoms with E-state index in [0.717, 1.165) is 35.5 Å². The maximum absolute atomic E-state index is 3.98. The van der Waals surface area contributed by atoms with Crippen LogP contribution in [0.4, 0.5) is 0 Å². The highest BCUT2D eigenvalue weighted by Gasteiger charge is 2.63. The van der Waals surface area contributed by atoms with E-state index in [9.17, 15) is 0 Å². The quantitative estimate of drug-likeness (QED) is 0.465. The van der Waals surface area contributed by atoms with Crippen molar-refractivity contribution in [3.63, 3.8) is 0 Å². The second-order valence-electron chi connectivity index (χ2n) is 13.2. The number of benzene rings is 1. The molecule has 2 heteroatoms. The normalized spacial score (nSPS) is 46.6. The average Bonchev–Trinajstić information content (AvgIpc) is 3.21. The maximum atomic E-state index is 3.98. The van der Waals surface area contributed by atoms with Crippen molar-refractivity contribution in [3.05, 3.63) is 42.6 Å². The van der Waals surface area contributed by atoms with Crippen LogP contribution in [0.15, 0.2) is 42.6 Å². The van der Waals surface area contributed by atoms with Gasteiger partial charge >= 0.3 is 0 Å². The fourth-order valence-electron chi connectivity index (χ4n) is 11.1. The van der Waals surface area contributed by atoms with Gasteiger partial charge < -0.3 is 4.98 Å². The molecule has 10 rings (SSSR count). The monoisotopic (exact) mass is 443 g/mol. The number of rotatable bonds is 4. The fraction of sp³-hybridized carbons (Fsp3) is 0.667. The van der Waals surface area contributed by atoms with Gasteiger partial charge in [0.05, 0.1) is 0 Å². The highest BCUT2D eigenvalue weighted by atomic mass is 31.1. The zero-order valence-electron chi connectivity index (χ0n) is 19.4. The summed E-state index contributed by atoms with van der Waals surface area (Å²) in [6.07, 6.45) is 21.1. The molecular formula is C30H38NP. The maximum Gasteiger partial charge on any atom is 0.0474 e. The van der Waals surface area contributed by atoms with Gasteiger partial charge in [0, 0.05) is 17.2 Å². The molecule has 0 unspecified atom stereocenters. The van der Waals surface area contributed by atoms with Crippen LogP contribution in [0.5, 0.6) is 0 Å². The molecule has 0 radical (unpaired) electrons. The van der Waals surface area contributed by atoms with E-state index in [0.29, 0.717) is 10.3 Å². The van der Waals surface area contributed by atoms with Crippen LogP contribution in [-0.2, 0) is 0 Å². The molecule has 8 saturated carbocycles. The van der Waals surface area contributed by atoms with E-state index in [1.165, 1.54) is 5.56 Å². The molecule has 1 heterocycles. The molecule has 8 aliphatic carbocycles. The molecule has 0 amide bonds. The number of aromatic nitrogens is 1. The van der Waals surface area contributed by atoms with Gasteiger partial charge in [-0.1, -0.05) is 30.3 Å². The zero-order valence-corrected chi connectivity index (χ0v) is 20.3. The second kappa shape index (κ2) is 6.75. The smallest absolute Gasteiger partial charge is 0.0474 e. The van der Waals surface area contributed by atoms with Crippen LogP contribution in [0.3, 0.4) is 0 Å². The lowest BCUT2D eigenvalue weighted by Gasteiger charge is -2.67. The van der Waals surface area contributed by atoms with Gasteiger partial charge in [0.15, 0.2) is 0 Å². The Labute approximate surface area is 194 Å². The van der Waals surface area contributed by atoms with Crippen molar-refractivity contribution in [2.45, 2.75) is 87.4 Å². The van der Waals surface area contributed by atoms with Gasteiger partial charge in [0.1, 0.15) is 0 Å². The molecule has 1 aromatic heterocycles. The molecule has 1 nitrogen and oxygen atoms in total. The number of aromatic amines is 1. The van der Waals surface area contributed by atoms with Crippen molar-refractivity contribution in [2.24, 2.45) is 35.5 Å². The third kappa shape index (κ3) is 2.73. The van der Waals surface area contributed by atoms with Crippen molar-refractivity contribution >= 4 is 13.4 Å². The van der Waals surface area contributed by atoms with Crippen LogP contribution in [-0.4, -0.2) is 15.3 Å².